The van der Waals surface area contributed by atoms with Crippen molar-refractivity contribution >= 4 is 25.6 Å². The minimum atomic E-state index is -4.06. The molecule has 4 nitrogen and oxygen atoms in total. The van der Waals surface area contributed by atoms with E-state index in [2.05, 4.69) is 5.32 Å². The molecule has 0 aromatic heterocycles. The number of hydrogen-bond acceptors (Lipinski definition) is 3. The maximum atomic E-state index is 13.5. The normalized spacial score (nSPS) is 27.8. The molecular weight excluding hydrogens is 317 g/mol. The van der Waals surface area contributed by atoms with Crippen molar-refractivity contribution in [1.29, 1.82) is 0 Å². The van der Waals surface area contributed by atoms with Gasteiger partial charge in [0.05, 0.1) is 4.90 Å². The van der Waals surface area contributed by atoms with Crippen molar-refractivity contribution < 1.29 is 17.6 Å². The van der Waals surface area contributed by atoms with Gasteiger partial charge in [0.1, 0.15) is 5.82 Å². The van der Waals surface area contributed by atoms with Gasteiger partial charge in [0.15, 0.2) is 0 Å². The lowest BCUT2D eigenvalue weighted by Crippen LogP contribution is -2.38. The van der Waals surface area contributed by atoms with Gasteiger partial charge >= 0.3 is 0 Å². The number of fused-ring (bicyclic) bond motifs is 2. The van der Waals surface area contributed by atoms with Crippen molar-refractivity contribution in [2.45, 2.75) is 36.6 Å². The third-order valence-electron chi connectivity index (χ3n) is 4.47. The van der Waals surface area contributed by atoms with Crippen LogP contribution in [0.2, 0.25) is 0 Å². The van der Waals surface area contributed by atoms with Gasteiger partial charge in [-0.05, 0) is 49.3 Å². The molecule has 21 heavy (non-hydrogen) atoms. The molecule has 0 aliphatic heterocycles. The highest BCUT2D eigenvalue weighted by atomic mass is 35.7. The minimum Gasteiger partial charge on any atom is -0.349 e. The van der Waals surface area contributed by atoms with Crippen LogP contribution in [0.1, 0.15) is 36.0 Å². The highest BCUT2D eigenvalue weighted by Gasteiger charge is 2.40. The molecule has 0 saturated heterocycles. The Morgan fingerprint density at radius 2 is 2.00 bits per heavy atom. The average Bonchev–Trinajstić information content (AvgIpc) is 2.99. The fraction of sp³-hybridized carbons (Fsp3) is 0.500. The second-order valence-electron chi connectivity index (χ2n) is 5.87. The minimum absolute atomic E-state index is 0.0167. The molecule has 7 heteroatoms. The molecule has 1 amide bonds. The number of carbonyl (C=O) groups excluding carboxylic acids is 1. The molecule has 3 rings (SSSR count). The number of amides is 1. The molecule has 2 aliphatic carbocycles. The Balaban J connectivity index is 1.80. The van der Waals surface area contributed by atoms with Crippen molar-refractivity contribution in [3.63, 3.8) is 0 Å². The standard InChI is InChI=1S/C14H15ClFNO3S/c15-21(19,20)12-6-10(5-11(16)7-12)14(18)17-13-4-8-1-2-9(13)3-8/h5-9,13H,1-4H2,(H,17,18). The lowest BCUT2D eigenvalue weighted by molar-refractivity contribution is 0.0922. The number of nitrogens with one attached hydrogen (secondary N) is 1. The first kappa shape index (κ1) is 14.8. The first-order chi connectivity index (χ1) is 9.83. The van der Waals surface area contributed by atoms with Gasteiger partial charge in [-0.25, -0.2) is 12.8 Å². The average molecular weight is 332 g/mol. The molecular formula is C14H15ClFNO3S. The molecule has 0 radical (unpaired) electrons. The van der Waals surface area contributed by atoms with Crippen LogP contribution in [0.4, 0.5) is 4.39 Å². The molecule has 1 aromatic rings. The van der Waals surface area contributed by atoms with Crippen LogP contribution in [0.3, 0.4) is 0 Å². The summed E-state index contributed by atoms with van der Waals surface area (Å²) < 4.78 is 36.0. The molecule has 0 heterocycles. The van der Waals surface area contributed by atoms with E-state index in [4.69, 9.17) is 10.7 Å². The Hall–Kier alpha value is -1.14. The second kappa shape index (κ2) is 5.25. The molecule has 3 unspecified atom stereocenters. The van der Waals surface area contributed by atoms with Crippen LogP contribution in [-0.2, 0) is 9.05 Å². The monoisotopic (exact) mass is 331 g/mol. The number of halogens is 2. The zero-order valence-electron chi connectivity index (χ0n) is 11.2. The first-order valence-electron chi connectivity index (χ1n) is 6.89. The molecule has 1 N–H and O–H groups in total. The fourth-order valence-electron chi connectivity index (χ4n) is 3.51. The van der Waals surface area contributed by atoms with E-state index in [0.717, 1.165) is 37.5 Å². The van der Waals surface area contributed by atoms with Gasteiger partial charge in [-0.3, -0.25) is 4.79 Å². The lowest BCUT2D eigenvalue weighted by Gasteiger charge is -2.23. The van der Waals surface area contributed by atoms with E-state index in [9.17, 15) is 17.6 Å². The molecule has 0 spiro atoms. The van der Waals surface area contributed by atoms with E-state index < -0.39 is 25.7 Å². The maximum absolute atomic E-state index is 13.5. The van der Waals surface area contributed by atoms with Crippen molar-refractivity contribution in [2.75, 3.05) is 0 Å². The van der Waals surface area contributed by atoms with E-state index >= 15 is 0 Å². The van der Waals surface area contributed by atoms with Gasteiger partial charge in [0, 0.05) is 22.3 Å². The van der Waals surface area contributed by atoms with Gasteiger partial charge in [-0.1, -0.05) is 6.42 Å². The number of carbonyl (C=O) groups is 1. The maximum Gasteiger partial charge on any atom is 0.261 e. The summed E-state index contributed by atoms with van der Waals surface area (Å²) in [7, 11) is 1.14. The predicted molar refractivity (Wildman–Crippen MR) is 76.1 cm³/mol. The van der Waals surface area contributed by atoms with E-state index in [1.807, 2.05) is 0 Å². The van der Waals surface area contributed by atoms with Crippen LogP contribution in [-0.4, -0.2) is 20.4 Å². The molecule has 2 bridgehead atoms. The van der Waals surface area contributed by atoms with Crippen LogP contribution >= 0.6 is 10.7 Å². The smallest absolute Gasteiger partial charge is 0.261 e. The van der Waals surface area contributed by atoms with Crippen LogP contribution in [0.15, 0.2) is 23.1 Å². The van der Waals surface area contributed by atoms with Crippen molar-refractivity contribution in [3.8, 4) is 0 Å². The topological polar surface area (TPSA) is 63.2 Å². The molecule has 2 saturated carbocycles. The van der Waals surface area contributed by atoms with E-state index in [1.54, 1.807) is 0 Å². The summed E-state index contributed by atoms with van der Waals surface area (Å²) in [4.78, 5) is 11.8. The molecule has 2 aliphatic rings. The van der Waals surface area contributed by atoms with E-state index in [1.165, 1.54) is 6.42 Å². The Morgan fingerprint density at radius 1 is 1.24 bits per heavy atom. The summed E-state index contributed by atoms with van der Waals surface area (Å²) >= 11 is 0. The zero-order valence-corrected chi connectivity index (χ0v) is 12.8. The summed E-state index contributed by atoms with van der Waals surface area (Å²) in [6, 6.07) is 3.04. The van der Waals surface area contributed by atoms with Crippen LogP contribution in [0.5, 0.6) is 0 Å². The van der Waals surface area contributed by atoms with Gasteiger partial charge in [-0.2, -0.15) is 0 Å². The van der Waals surface area contributed by atoms with Crippen LogP contribution in [0, 0.1) is 17.7 Å². The molecule has 2 fully saturated rings. The SMILES string of the molecule is O=C(NC1CC2CCC1C2)c1cc(F)cc(S(=O)(=O)Cl)c1. The second-order valence-corrected chi connectivity index (χ2v) is 8.43. The quantitative estimate of drug-likeness (QED) is 0.866. The summed E-state index contributed by atoms with van der Waals surface area (Å²) in [5.74, 6) is -0.0845. The van der Waals surface area contributed by atoms with Gasteiger partial charge in [-0.15, -0.1) is 0 Å². The first-order valence-corrected chi connectivity index (χ1v) is 9.20. The van der Waals surface area contributed by atoms with Crippen molar-refractivity contribution in [3.05, 3.63) is 29.6 Å². The molecule has 1 aromatic carbocycles. The van der Waals surface area contributed by atoms with E-state index in [0.29, 0.717) is 11.8 Å². The molecule has 3 atom stereocenters. The van der Waals surface area contributed by atoms with Gasteiger partial charge < -0.3 is 5.32 Å². The largest absolute Gasteiger partial charge is 0.349 e. The Morgan fingerprint density at radius 3 is 2.57 bits per heavy atom. The summed E-state index contributed by atoms with van der Waals surface area (Å²) in [6.07, 6.45) is 4.41. The summed E-state index contributed by atoms with van der Waals surface area (Å²) in [6.45, 7) is 0. The Bertz CT molecular complexity index is 691. The zero-order chi connectivity index (χ0) is 15.2. The van der Waals surface area contributed by atoms with Crippen LogP contribution < -0.4 is 5.32 Å². The third-order valence-corrected chi connectivity index (χ3v) is 5.80. The highest BCUT2D eigenvalue weighted by Crippen LogP contribution is 2.44. The third kappa shape index (κ3) is 3.06. The summed E-state index contributed by atoms with van der Waals surface area (Å²) in [5.41, 5.74) is -0.0167. The highest BCUT2D eigenvalue weighted by molar-refractivity contribution is 8.13. The van der Waals surface area contributed by atoms with Gasteiger partial charge in [0.25, 0.3) is 15.0 Å². The Kier molecular flexibility index (Phi) is 3.69. The van der Waals surface area contributed by atoms with E-state index in [-0.39, 0.29) is 11.6 Å². The van der Waals surface area contributed by atoms with Gasteiger partial charge in [0.2, 0.25) is 0 Å². The molecule has 114 valence electrons. The number of benzene rings is 1. The number of hydrogen-bond donors (Lipinski definition) is 1. The lowest BCUT2D eigenvalue weighted by atomic mass is 9.95. The van der Waals surface area contributed by atoms with Crippen LogP contribution in [0.25, 0.3) is 0 Å². The predicted octanol–water partition coefficient (Wildman–Crippen LogP) is 2.67. The summed E-state index contributed by atoms with van der Waals surface area (Å²) in [5, 5.41) is 2.89. The van der Waals surface area contributed by atoms with Crippen molar-refractivity contribution in [1.82, 2.24) is 5.32 Å². The fourth-order valence-corrected chi connectivity index (χ4v) is 4.30. The number of rotatable bonds is 3. The Labute approximate surface area is 127 Å². The van der Waals surface area contributed by atoms with Crippen molar-refractivity contribution in [2.24, 2.45) is 11.8 Å².